The van der Waals surface area contributed by atoms with Crippen LogP contribution in [0.1, 0.15) is 13.8 Å². The predicted molar refractivity (Wildman–Crippen MR) is 108 cm³/mol. The second-order valence-corrected chi connectivity index (χ2v) is 6.24. The molecule has 0 aliphatic rings. The van der Waals surface area contributed by atoms with Gasteiger partial charge in [-0.15, -0.1) is 0 Å². The van der Waals surface area contributed by atoms with Gasteiger partial charge in [0.2, 0.25) is 0 Å². The summed E-state index contributed by atoms with van der Waals surface area (Å²) in [6, 6.07) is 18.0. The van der Waals surface area contributed by atoms with Crippen molar-refractivity contribution in [3.8, 4) is 11.1 Å². The average Bonchev–Trinajstić information content (AvgIpc) is 2.66. The van der Waals surface area contributed by atoms with Crippen molar-refractivity contribution >= 4 is 28.3 Å². The van der Waals surface area contributed by atoms with Crippen molar-refractivity contribution in [2.24, 2.45) is 0 Å². The third-order valence-electron chi connectivity index (χ3n) is 4.01. The van der Waals surface area contributed by atoms with Crippen LogP contribution in [0.3, 0.4) is 0 Å². The van der Waals surface area contributed by atoms with E-state index in [-0.39, 0.29) is 6.29 Å². The first-order valence-corrected chi connectivity index (χ1v) is 9.21. The highest BCUT2D eigenvalue weighted by atomic mass is 35.5. The van der Waals surface area contributed by atoms with Crippen LogP contribution in [0.4, 0.5) is 5.82 Å². The van der Waals surface area contributed by atoms with E-state index in [4.69, 9.17) is 26.1 Å². The van der Waals surface area contributed by atoms with E-state index >= 15 is 0 Å². The van der Waals surface area contributed by atoms with Crippen LogP contribution in [-0.4, -0.2) is 31.0 Å². The Morgan fingerprint density at radius 1 is 1.00 bits per heavy atom. The van der Waals surface area contributed by atoms with Gasteiger partial charge in [0.05, 0.1) is 12.1 Å². The van der Waals surface area contributed by atoms with Crippen LogP contribution in [0.25, 0.3) is 22.0 Å². The van der Waals surface area contributed by atoms with E-state index in [1.165, 1.54) is 0 Å². The van der Waals surface area contributed by atoms with E-state index in [1.54, 1.807) is 0 Å². The fraction of sp³-hybridized carbons (Fsp3) is 0.286. The number of ether oxygens (including phenoxy) is 2. The molecule has 1 N–H and O–H groups in total. The summed E-state index contributed by atoms with van der Waals surface area (Å²) < 4.78 is 11.2. The molecule has 0 radical (unpaired) electrons. The quantitative estimate of drug-likeness (QED) is 0.541. The fourth-order valence-corrected chi connectivity index (χ4v) is 3.04. The summed E-state index contributed by atoms with van der Waals surface area (Å²) in [7, 11) is 0. The zero-order valence-corrected chi connectivity index (χ0v) is 15.8. The van der Waals surface area contributed by atoms with Crippen molar-refractivity contribution in [1.82, 2.24) is 4.98 Å². The van der Waals surface area contributed by atoms with Gasteiger partial charge in [0.25, 0.3) is 0 Å². The van der Waals surface area contributed by atoms with Crippen LogP contribution in [0, 0.1) is 0 Å². The number of rotatable bonds is 8. The number of hydrogen-bond acceptors (Lipinski definition) is 4. The van der Waals surface area contributed by atoms with Gasteiger partial charge in [-0.25, -0.2) is 4.98 Å². The monoisotopic (exact) mass is 370 g/mol. The lowest BCUT2D eigenvalue weighted by atomic mass is 10.0. The Morgan fingerprint density at radius 3 is 2.42 bits per heavy atom. The number of pyridine rings is 1. The van der Waals surface area contributed by atoms with E-state index in [0.29, 0.717) is 24.8 Å². The highest BCUT2D eigenvalue weighted by molar-refractivity contribution is 6.31. The standard InChI is InChI=1S/C21H23ClN2O2/c1-3-25-21(26-4-2)14-23-20-13-17(15-8-6-5-7-9-15)18-12-16(22)10-11-19(18)24-20/h5-13,21H,3-4,14H2,1-2H3,(H,23,24). The van der Waals surface area contributed by atoms with Gasteiger partial charge in [0.1, 0.15) is 5.82 Å². The van der Waals surface area contributed by atoms with E-state index in [2.05, 4.69) is 17.4 Å². The number of aromatic nitrogens is 1. The van der Waals surface area contributed by atoms with Gasteiger partial charge >= 0.3 is 0 Å². The van der Waals surface area contributed by atoms with Gasteiger partial charge in [-0.2, -0.15) is 0 Å². The van der Waals surface area contributed by atoms with Crippen molar-refractivity contribution in [3.05, 3.63) is 59.6 Å². The summed E-state index contributed by atoms with van der Waals surface area (Å²) in [6.45, 7) is 5.65. The minimum atomic E-state index is -0.298. The maximum absolute atomic E-state index is 6.21. The van der Waals surface area contributed by atoms with Crippen LogP contribution in [0.2, 0.25) is 5.02 Å². The molecule has 4 nitrogen and oxygen atoms in total. The third-order valence-corrected chi connectivity index (χ3v) is 4.25. The molecular formula is C21H23ClN2O2. The number of hydrogen-bond donors (Lipinski definition) is 1. The van der Waals surface area contributed by atoms with Crippen molar-refractivity contribution in [1.29, 1.82) is 0 Å². The molecule has 136 valence electrons. The summed E-state index contributed by atoms with van der Waals surface area (Å²) in [4.78, 5) is 4.71. The van der Waals surface area contributed by atoms with E-state index in [1.807, 2.05) is 56.3 Å². The second-order valence-electron chi connectivity index (χ2n) is 5.80. The first kappa shape index (κ1) is 18.6. The fourth-order valence-electron chi connectivity index (χ4n) is 2.87. The molecule has 2 aromatic carbocycles. The van der Waals surface area contributed by atoms with Crippen molar-refractivity contribution in [3.63, 3.8) is 0 Å². The molecule has 26 heavy (non-hydrogen) atoms. The molecule has 0 bridgehead atoms. The number of benzene rings is 2. The largest absolute Gasteiger partial charge is 0.365 e. The lowest BCUT2D eigenvalue weighted by molar-refractivity contribution is -0.126. The molecule has 1 heterocycles. The lowest BCUT2D eigenvalue weighted by Gasteiger charge is -2.18. The molecule has 0 saturated carbocycles. The summed E-state index contributed by atoms with van der Waals surface area (Å²) >= 11 is 6.21. The molecule has 0 fully saturated rings. The minimum Gasteiger partial charge on any atom is -0.365 e. The van der Waals surface area contributed by atoms with Crippen LogP contribution in [0.5, 0.6) is 0 Å². The number of fused-ring (bicyclic) bond motifs is 1. The first-order valence-electron chi connectivity index (χ1n) is 8.84. The van der Waals surface area contributed by atoms with Crippen molar-refractivity contribution in [2.45, 2.75) is 20.1 Å². The Morgan fingerprint density at radius 2 is 1.73 bits per heavy atom. The van der Waals surface area contributed by atoms with Gasteiger partial charge in [-0.1, -0.05) is 41.9 Å². The van der Waals surface area contributed by atoms with Crippen LogP contribution in [0.15, 0.2) is 54.6 Å². The van der Waals surface area contributed by atoms with E-state index < -0.39 is 0 Å². The normalized spacial score (nSPS) is 11.2. The molecule has 0 saturated heterocycles. The van der Waals surface area contributed by atoms with Crippen molar-refractivity contribution in [2.75, 3.05) is 25.1 Å². The molecular weight excluding hydrogens is 348 g/mol. The smallest absolute Gasteiger partial charge is 0.174 e. The van der Waals surface area contributed by atoms with Crippen molar-refractivity contribution < 1.29 is 9.47 Å². The molecule has 0 amide bonds. The molecule has 0 unspecified atom stereocenters. The van der Waals surface area contributed by atoms with Gasteiger partial charge in [-0.05, 0) is 49.2 Å². The molecule has 3 rings (SSSR count). The topological polar surface area (TPSA) is 43.4 Å². The SMILES string of the molecule is CCOC(CNc1cc(-c2ccccc2)c2cc(Cl)ccc2n1)OCC. The number of nitrogens with zero attached hydrogens (tertiary/aromatic N) is 1. The Bertz CT molecular complexity index is 849. The first-order chi connectivity index (χ1) is 12.7. The Hall–Kier alpha value is -2.14. The highest BCUT2D eigenvalue weighted by Gasteiger charge is 2.11. The third kappa shape index (κ3) is 4.52. The number of nitrogens with one attached hydrogen (secondary N) is 1. The second kappa shape index (κ2) is 8.99. The van der Waals surface area contributed by atoms with Gasteiger partial charge in [0.15, 0.2) is 6.29 Å². The Balaban J connectivity index is 1.95. The molecule has 1 aromatic heterocycles. The predicted octanol–water partition coefficient (Wildman–Crippen LogP) is 5.37. The molecule has 0 spiro atoms. The van der Waals surface area contributed by atoms with E-state index in [0.717, 1.165) is 27.8 Å². The summed E-state index contributed by atoms with van der Waals surface area (Å²) in [5, 5.41) is 5.06. The zero-order valence-electron chi connectivity index (χ0n) is 15.0. The number of anilines is 1. The summed E-state index contributed by atoms with van der Waals surface area (Å²) in [5.41, 5.74) is 3.10. The minimum absolute atomic E-state index is 0.298. The summed E-state index contributed by atoms with van der Waals surface area (Å²) in [6.07, 6.45) is -0.298. The molecule has 5 heteroatoms. The Kier molecular flexibility index (Phi) is 6.45. The van der Waals surface area contributed by atoms with Crippen LogP contribution in [-0.2, 0) is 9.47 Å². The summed E-state index contributed by atoms with van der Waals surface area (Å²) in [5.74, 6) is 0.781. The zero-order chi connectivity index (χ0) is 18.4. The molecule has 0 atom stereocenters. The van der Waals surface area contributed by atoms with Crippen LogP contribution >= 0.6 is 11.6 Å². The van der Waals surface area contributed by atoms with Gasteiger partial charge in [0, 0.05) is 23.6 Å². The maximum atomic E-state index is 6.21. The molecule has 3 aromatic rings. The molecule has 0 aliphatic carbocycles. The van der Waals surface area contributed by atoms with Crippen LogP contribution < -0.4 is 5.32 Å². The van der Waals surface area contributed by atoms with Gasteiger partial charge in [-0.3, -0.25) is 0 Å². The van der Waals surface area contributed by atoms with E-state index in [9.17, 15) is 0 Å². The lowest BCUT2D eigenvalue weighted by Crippen LogP contribution is -2.26. The highest BCUT2D eigenvalue weighted by Crippen LogP contribution is 2.31. The maximum Gasteiger partial charge on any atom is 0.174 e. The molecule has 0 aliphatic heterocycles. The van der Waals surface area contributed by atoms with Gasteiger partial charge < -0.3 is 14.8 Å². The number of halogens is 1. The Labute approximate surface area is 159 Å². The average molecular weight is 371 g/mol.